The first-order chi connectivity index (χ1) is 16.4. The van der Waals surface area contributed by atoms with Gasteiger partial charge >= 0.3 is 0 Å². The lowest BCUT2D eigenvalue weighted by molar-refractivity contribution is -0.00957. The summed E-state index contributed by atoms with van der Waals surface area (Å²) in [5, 5.41) is 15.4. The zero-order valence-electron chi connectivity index (χ0n) is 20.9. The molecule has 1 unspecified atom stereocenters. The highest BCUT2D eigenvalue weighted by Crippen LogP contribution is 2.33. The minimum absolute atomic E-state index is 0.0866. The highest BCUT2D eigenvalue weighted by Gasteiger charge is 2.22. The molecule has 0 aliphatic carbocycles. The molecule has 0 radical (unpaired) electrons. The van der Waals surface area contributed by atoms with Gasteiger partial charge in [0, 0.05) is 19.2 Å². The summed E-state index contributed by atoms with van der Waals surface area (Å²) in [5.41, 5.74) is 2.79. The van der Waals surface area contributed by atoms with Crippen molar-refractivity contribution in [3.05, 3.63) is 65.9 Å². The van der Waals surface area contributed by atoms with E-state index in [0.717, 1.165) is 35.7 Å². The number of methoxy groups -OCH3 is 1. The minimum Gasteiger partial charge on any atom is -0.497 e. The van der Waals surface area contributed by atoms with Gasteiger partial charge < -0.3 is 19.3 Å². The van der Waals surface area contributed by atoms with E-state index < -0.39 is 6.10 Å². The lowest BCUT2D eigenvalue weighted by atomic mass is 10.2. The first-order valence-electron chi connectivity index (χ1n) is 11.9. The monoisotopic (exact) mass is 467 g/mol. The van der Waals surface area contributed by atoms with Gasteiger partial charge in [-0.05, 0) is 58.0 Å². The Kier molecular flexibility index (Phi) is 9.51. The summed E-state index contributed by atoms with van der Waals surface area (Å²) in [6, 6.07) is 17.5. The lowest BCUT2D eigenvalue weighted by Crippen LogP contribution is -2.35. The van der Waals surface area contributed by atoms with Crippen LogP contribution in [0.15, 0.2) is 54.6 Å². The number of aliphatic hydroxyl groups excluding tert-OH is 1. The van der Waals surface area contributed by atoms with Crippen molar-refractivity contribution in [2.45, 2.75) is 52.9 Å². The van der Waals surface area contributed by atoms with E-state index >= 15 is 0 Å². The van der Waals surface area contributed by atoms with E-state index in [9.17, 15) is 5.11 Å². The van der Waals surface area contributed by atoms with Crippen molar-refractivity contribution in [2.24, 2.45) is 0 Å². The van der Waals surface area contributed by atoms with E-state index in [0.29, 0.717) is 31.3 Å². The van der Waals surface area contributed by atoms with Crippen LogP contribution in [0.25, 0.3) is 5.69 Å². The molecule has 0 saturated heterocycles. The van der Waals surface area contributed by atoms with Crippen molar-refractivity contribution in [3.8, 4) is 23.1 Å². The summed E-state index contributed by atoms with van der Waals surface area (Å²) in [6.45, 7) is 10.3. The second-order valence-corrected chi connectivity index (χ2v) is 8.67. The number of hydrogen-bond donors (Lipinski definition) is 1. The largest absolute Gasteiger partial charge is 0.497 e. The number of hydrogen-bond acceptors (Lipinski definition) is 6. The van der Waals surface area contributed by atoms with Gasteiger partial charge in [0.25, 0.3) is 0 Å². The van der Waals surface area contributed by atoms with Gasteiger partial charge in [-0.15, -0.1) is 0 Å². The van der Waals surface area contributed by atoms with Gasteiger partial charge in [0.2, 0.25) is 5.88 Å². The maximum atomic E-state index is 10.6. The molecule has 2 aromatic carbocycles. The van der Waals surface area contributed by atoms with Crippen LogP contribution in [0.2, 0.25) is 0 Å². The van der Waals surface area contributed by atoms with Crippen LogP contribution >= 0.6 is 0 Å². The summed E-state index contributed by atoms with van der Waals surface area (Å²) in [7, 11) is 1.64. The van der Waals surface area contributed by atoms with Gasteiger partial charge in [-0.25, -0.2) is 4.68 Å². The number of ether oxygens (including phenoxy) is 3. The number of para-hydroxylation sites is 1. The van der Waals surface area contributed by atoms with Gasteiger partial charge in [0.15, 0.2) is 0 Å². The zero-order valence-corrected chi connectivity index (χ0v) is 20.9. The Labute approximate surface area is 202 Å². The topological polar surface area (TPSA) is 69.0 Å². The predicted molar refractivity (Wildman–Crippen MR) is 134 cm³/mol. The second-order valence-electron chi connectivity index (χ2n) is 8.67. The Balaban J connectivity index is 1.93. The van der Waals surface area contributed by atoms with Crippen LogP contribution in [0.3, 0.4) is 0 Å². The van der Waals surface area contributed by atoms with Crippen molar-refractivity contribution >= 4 is 0 Å². The molecule has 1 N–H and O–H groups in total. The van der Waals surface area contributed by atoms with Crippen molar-refractivity contribution in [1.29, 1.82) is 0 Å². The van der Waals surface area contributed by atoms with Crippen LogP contribution in [0, 0.1) is 6.92 Å². The summed E-state index contributed by atoms with van der Waals surface area (Å²) in [4.78, 5) is 2.23. The van der Waals surface area contributed by atoms with Crippen molar-refractivity contribution in [1.82, 2.24) is 14.7 Å². The number of benzene rings is 2. The first kappa shape index (κ1) is 25.7. The average molecular weight is 468 g/mol. The predicted octanol–water partition coefficient (Wildman–Crippen LogP) is 4.98. The maximum absolute atomic E-state index is 10.6. The van der Waals surface area contributed by atoms with E-state index in [1.165, 1.54) is 0 Å². The summed E-state index contributed by atoms with van der Waals surface area (Å²) in [5.74, 6) is 2.05. The fourth-order valence-corrected chi connectivity index (χ4v) is 3.77. The molecule has 184 valence electrons. The average Bonchev–Trinajstić information content (AvgIpc) is 3.13. The number of aliphatic hydroxyl groups is 1. The second kappa shape index (κ2) is 12.6. The molecule has 1 aromatic heterocycles. The molecule has 3 aromatic rings. The van der Waals surface area contributed by atoms with Crippen molar-refractivity contribution in [3.63, 3.8) is 0 Å². The Morgan fingerprint density at radius 1 is 1.06 bits per heavy atom. The normalized spacial score (nSPS) is 12.4. The van der Waals surface area contributed by atoms with E-state index in [2.05, 4.69) is 11.8 Å². The molecule has 0 fully saturated rings. The van der Waals surface area contributed by atoms with Gasteiger partial charge in [-0.3, -0.25) is 4.90 Å². The quantitative estimate of drug-likeness (QED) is 0.382. The molecule has 1 atom stereocenters. The minimum atomic E-state index is -0.568. The third-order valence-corrected chi connectivity index (χ3v) is 5.41. The number of rotatable bonds is 13. The molecule has 7 nitrogen and oxygen atoms in total. The third kappa shape index (κ3) is 7.06. The van der Waals surface area contributed by atoms with Crippen molar-refractivity contribution < 1.29 is 19.3 Å². The van der Waals surface area contributed by atoms with Gasteiger partial charge in [0.1, 0.15) is 11.5 Å². The van der Waals surface area contributed by atoms with E-state index in [4.69, 9.17) is 19.3 Å². The SMILES string of the molecule is CCCN(Cc1c(C)nn(-c2ccccc2)c1Oc1cccc(OC)c1)CC(O)COC(C)C. The van der Waals surface area contributed by atoms with Gasteiger partial charge in [0.05, 0.1) is 42.9 Å². The summed E-state index contributed by atoms with van der Waals surface area (Å²) < 4.78 is 19.3. The maximum Gasteiger partial charge on any atom is 0.227 e. The number of aromatic nitrogens is 2. The van der Waals surface area contributed by atoms with Crippen LogP contribution in [0.4, 0.5) is 0 Å². The Bertz CT molecular complexity index is 1020. The van der Waals surface area contributed by atoms with Gasteiger partial charge in [-0.1, -0.05) is 31.2 Å². The van der Waals surface area contributed by atoms with Crippen LogP contribution in [-0.4, -0.2) is 58.8 Å². The highest BCUT2D eigenvalue weighted by molar-refractivity contribution is 5.44. The Morgan fingerprint density at radius 3 is 2.47 bits per heavy atom. The molecule has 3 rings (SSSR count). The molecule has 0 aliphatic rings. The molecule has 0 saturated carbocycles. The molecule has 0 aliphatic heterocycles. The Hall–Kier alpha value is -2.87. The van der Waals surface area contributed by atoms with E-state index in [-0.39, 0.29) is 6.10 Å². The molecular weight excluding hydrogens is 430 g/mol. The molecule has 0 amide bonds. The fourth-order valence-electron chi connectivity index (χ4n) is 3.77. The molecular formula is C27H37N3O4. The smallest absolute Gasteiger partial charge is 0.227 e. The van der Waals surface area contributed by atoms with Crippen LogP contribution in [-0.2, 0) is 11.3 Å². The molecule has 1 heterocycles. The molecule has 0 bridgehead atoms. The molecule has 7 heteroatoms. The fraction of sp³-hybridized carbons (Fsp3) is 0.444. The van der Waals surface area contributed by atoms with Crippen molar-refractivity contribution in [2.75, 3.05) is 26.8 Å². The number of aryl methyl sites for hydroxylation is 1. The van der Waals surface area contributed by atoms with Crippen LogP contribution in [0.5, 0.6) is 17.4 Å². The lowest BCUT2D eigenvalue weighted by Gasteiger charge is -2.25. The highest BCUT2D eigenvalue weighted by atomic mass is 16.5. The molecule has 34 heavy (non-hydrogen) atoms. The summed E-state index contributed by atoms with van der Waals surface area (Å²) in [6.07, 6.45) is 0.486. The van der Waals surface area contributed by atoms with Crippen LogP contribution in [0.1, 0.15) is 38.4 Å². The summed E-state index contributed by atoms with van der Waals surface area (Å²) >= 11 is 0. The van der Waals surface area contributed by atoms with E-state index in [1.807, 2.05) is 80.1 Å². The first-order valence-corrected chi connectivity index (χ1v) is 11.9. The Morgan fingerprint density at radius 2 is 1.79 bits per heavy atom. The van der Waals surface area contributed by atoms with Gasteiger partial charge in [-0.2, -0.15) is 5.10 Å². The van der Waals surface area contributed by atoms with Crippen LogP contribution < -0.4 is 9.47 Å². The van der Waals surface area contributed by atoms with E-state index in [1.54, 1.807) is 7.11 Å². The number of nitrogens with zero attached hydrogens (tertiary/aromatic N) is 3. The zero-order chi connectivity index (χ0) is 24.5. The third-order valence-electron chi connectivity index (χ3n) is 5.41. The standard InChI is InChI=1S/C27H37N3O4/c1-6-15-29(17-23(31)19-33-20(2)3)18-26-21(4)28-30(22-11-8-7-9-12-22)27(26)34-25-14-10-13-24(16-25)32-5/h7-14,16,20,23,31H,6,15,17-19H2,1-5H3. The molecule has 0 spiro atoms.